The Labute approximate surface area is 190 Å². The number of nitrogens with one attached hydrogen (secondary N) is 2. The molecule has 0 aliphatic carbocycles. The van der Waals surface area contributed by atoms with Crippen molar-refractivity contribution in [2.75, 3.05) is 11.9 Å². The van der Waals surface area contributed by atoms with Gasteiger partial charge in [-0.2, -0.15) is 0 Å². The number of sulfonamides is 1. The van der Waals surface area contributed by atoms with Crippen molar-refractivity contribution in [3.8, 4) is 0 Å². The molecule has 1 unspecified atom stereocenters. The van der Waals surface area contributed by atoms with Crippen LogP contribution >= 0.6 is 0 Å². The first kappa shape index (κ1) is 22.2. The normalized spacial score (nSPS) is 15.2. The van der Waals surface area contributed by atoms with E-state index < -0.39 is 22.0 Å². The largest absolute Gasteiger partial charge is 0.384 e. The van der Waals surface area contributed by atoms with Crippen LogP contribution in [0.15, 0.2) is 77.7 Å². The Hall–Kier alpha value is -4.02. The van der Waals surface area contributed by atoms with E-state index in [1.807, 2.05) is 0 Å². The summed E-state index contributed by atoms with van der Waals surface area (Å²) in [4.78, 5) is 27.3. The maximum Gasteiger partial charge on any atom is 0.255 e. The van der Waals surface area contributed by atoms with Crippen molar-refractivity contribution in [3.63, 3.8) is 0 Å². The number of anilines is 1. The van der Waals surface area contributed by atoms with Crippen LogP contribution in [0.25, 0.3) is 0 Å². The number of nitrogen functional groups attached to an aromatic ring is 1. The Morgan fingerprint density at radius 2 is 1.76 bits per heavy atom. The van der Waals surface area contributed by atoms with Gasteiger partial charge < -0.3 is 16.0 Å². The molecule has 6 N–H and O–H groups in total. The third-order valence-electron chi connectivity index (χ3n) is 5.33. The lowest BCUT2D eigenvalue weighted by molar-refractivity contribution is -0.117. The highest BCUT2D eigenvalue weighted by molar-refractivity contribution is 7.89. The Morgan fingerprint density at radius 1 is 1.03 bits per heavy atom. The molecule has 1 aliphatic heterocycles. The highest BCUT2D eigenvalue weighted by Gasteiger charge is 2.38. The number of carbonyl (C=O) groups excluding carboxylic acids is 2. The van der Waals surface area contributed by atoms with E-state index in [1.54, 1.807) is 60.7 Å². The highest BCUT2D eigenvalue weighted by Crippen LogP contribution is 2.38. The number of nitrogens with zero attached hydrogens (tertiary/aromatic N) is 1. The van der Waals surface area contributed by atoms with Gasteiger partial charge in [0.05, 0.1) is 10.9 Å². The monoisotopic (exact) mass is 463 g/mol. The average molecular weight is 464 g/mol. The van der Waals surface area contributed by atoms with Crippen molar-refractivity contribution in [1.29, 1.82) is 5.41 Å². The maximum atomic E-state index is 13.2. The van der Waals surface area contributed by atoms with Gasteiger partial charge in [0.2, 0.25) is 15.9 Å². The molecule has 1 heterocycles. The van der Waals surface area contributed by atoms with Gasteiger partial charge in [-0.3, -0.25) is 15.0 Å². The van der Waals surface area contributed by atoms with Gasteiger partial charge in [-0.05, 0) is 41.5 Å². The number of hydrogen-bond acceptors (Lipinski definition) is 5. The van der Waals surface area contributed by atoms with Crippen molar-refractivity contribution in [2.45, 2.75) is 10.9 Å². The molecule has 168 valence electrons. The van der Waals surface area contributed by atoms with Gasteiger partial charge in [0.1, 0.15) is 12.4 Å². The van der Waals surface area contributed by atoms with Crippen LogP contribution in [-0.2, 0) is 14.8 Å². The lowest BCUT2D eigenvalue weighted by Crippen LogP contribution is -2.36. The van der Waals surface area contributed by atoms with Crippen LogP contribution in [0.2, 0.25) is 0 Å². The fourth-order valence-corrected chi connectivity index (χ4v) is 4.44. The van der Waals surface area contributed by atoms with E-state index in [1.165, 1.54) is 17.0 Å². The summed E-state index contributed by atoms with van der Waals surface area (Å²) >= 11 is 0. The molecule has 0 saturated carbocycles. The summed E-state index contributed by atoms with van der Waals surface area (Å²) in [7, 11) is -3.95. The predicted octanol–water partition coefficient (Wildman–Crippen LogP) is 1.80. The maximum absolute atomic E-state index is 13.2. The predicted molar refractivity (Wildman–Crippen MR) is 123 cm³/mol. The molecule has 0 fully saturated rings. The second-order valence-corrected chi connectivity index (χ2v) is 9.14. The zero-order chi connectivity index (χ0) is 23.8. The molecule has 0 radical (unpaired) electrons. The minimum absolute atomic E-state index is 0.0812. The smallest absolute Gasteiger partial charge is 0.255 e. The number of amides is 2. The van der Waals surface area contributed by atoms with E-state index in [2.05, 4.69) is 5.32 Å². The molecule has 0 aromatic heterocycles. The SMILES string of the molecule is N=C(N)c1cccc(NC(=O)CN2C(=O)c3ccccc3C2c2cccc(S(N)(=O)=O)c2)c1. The summed E-state index contributed by atoms with van der Waals surface area (Å²) < 4.78 is 23.7. The number of hydrogen-bond donors (Lipinski definition) is 4. The van der Waals surface area contributed by atoms with Gasteiger partial charge in [0, 0.05) is 16.8 Å². The Kier molecular flexibility index (Phi) is 5.71. The van der Waals surface area contributed by atoms with E-state index in [4.69, 9.17) is 16.3 Å². The van der Waals surface area contributed by atoms with Crippen LogP contribution in [-0.4, -0.2) is 37.5 Å². The molecule has 2 amide bonds. The third-order valence-corrected chi connectivity index (χ3v) is 6.24. The molecule has 4 rings (SSSR count). The molecule has 1 aliphatic rings. The Bertz CT molecular complexity index is 1390. The first-order valence-corrected chi connectivity index (χ1v) is 11.5. The number of amidine groups is 1. The number of primary sulfonamides is 1. The van der Waals surface area contributed by atoms with E-state index in [0.717, 1.165) is 0 Å². The number of nitrogens with two attached hydrogens (primary N) is 2. The first-order chi connectivity index (χ1) is 15.6. The standard InChI is InChI=1S/C23H21N5O4S/c24-22(25)15-6-3-7-16(11-15)27-20(29)13-28-21(18-9-1-2-10-19(18)23(28)30)14-5-4-8-17(12-14)33(26,31)32/h1-12,21H,13H2,(H3,24,25)(H,27,29)(H2,26,31,32). The van der Waals surface area contributed by atoms with Crippen LogP contribution in [0.1, 0.15) is 33.1 Å². The Morgan fingerprint density at radius 3 is 2.48 bits per heavy atom. The zero-order valence-electron chi connectivity index (χ0n) is 17.4. The van der Waals surface area contributed by atoms with E-state index >= 15 is 0 Å². The first-order valence-electron chi connectivity index (χ1n) is 9.92. The fraction of sp³-hybridized carbons (Fsp3) is 0.0870. The number of rotatable bonds is 6. The quantitative estimate of drug-likeness (QED) is 0.323. The number of benzene rings is 3. The van der Waals surface area contributed by atoms with E-state index in [9.17, 15) is 18.0 Å². The summed E-state index contributed by atoms with van der Waals surface area (Å²) in [5.74, 6) is -0.931. The van der Waals surface area contributed by atoms with Crippen molar-refractivity contribution in [3.05, 3.63) is 95.1 Å². The van der Waals surface area contributed by atoms with Gasteiger partial charge in [-0.25, -0.2) is 13.6 Å². The van der Waals surface area contributed by atoms with Gasteiger partial charge >= 0.3 is 0 Å². The second kappa shape index (κ2) is 8.49. The summed E-state index contributed by atoms with van der Waals surface area (Å²) in [6.45, 7) is -0.276. The average Bonchev–Trinajstić information content (AvgIpc) is 3.05. The second-order valence-electron chi connectivity index (χ2n) is 7.58. The van der Waals surface area contributed by atoms with Gasteiger partial charge in [0.25, 0.3) is 5.91 Å². The fourth-order valence-electron chi connectivity index (χ4n) is 3.87. The summed E-state index contributed by atoms with van der Waals surface area (Å²) in [5.41, 5.74) is 8.02. The molecule has 33 heavy (non-hydrogen) atoms. The van der Waals surface area contributed by atoms with Gasteiger partial charge in [0.15, 0.2) is 0 Å². The molecule has 3 aromatic carbocycles. The van der Waals surface area contributed by atoms with Crippen molar-refractivity contribution in [2.24, 2.45) is 10.9 Å². The summed E-state index contributed by atoms with van der Waals surface area (Å²) in [6, 6.07) is 18.8. The van der Waals surface area contributed by atoms with Crippen LogP contribution in [0.3, 0.4) is 0 Å². The number of carbonyl (C=O) groups is 2. The molecule has 9 nitrogen and oxygen atoms in total. The summed E-state index contributed by atoms with van der Waals surface area (Å²) in [5, 5.41) is 15.5. The van der Waals surface area contributed by atoms with Crippen molar-refractivity contribution >= 4 is 33.4 Å². The van der Waals surface area contributed by atoms with Crippen molar-refractivity contribution in [1.82, 2.24) is 4.90 Å². The molecule has 1 atom stereocenters. The minimum Gasteiger partial charge on any atom is -0.384 e. The lowest BCUT2D eigenvalue weighted by atomic mass is 9.98. The molecular weight excluding hydrogens is 442 g/mol. The molecule has 0 spiro atoms. The lowest BCUT2D eigenvalue weighted by Gasteiger charge is -2.25. The molecule has 0 bridgehead atoms. The van der Waals surface area contributed by atoms with E-state index in [0.29, 0.717) is 27.9 Å². The van der Waals surface area contributed by atoms with E-state index in [-0.39, 0.29) is 23.2 Å². The topological polar surface area (TPSA) is 159 Å². The minimum atomic E-state index is -3.95. The molecule has 10 heteroatoms. The molecular formula is C23H21N5O4S. The van der Waals surface area contributed by atoms with Gasteiger partial charge in [-0.15, -0.1) is 0 Å². The summed E-state index contributed by atoms with van der Waals surface area (Å²) in [6.07, 6.45) is 0. The van der Waals surface area contributed by atoms with Crippen LogP contribution < -0.4 is 16.2 Å². The van der Waals surface area contributed by atoms with Crippen LogP contribution in [0.5, 0.6) is 0 Å². The van der Waals surface area contributed by atoms with Gasteiger partial charge in [-0.1, -0.05) is 42.5 Å². The van der Waals surface area contributed by atoms with Crippen molar-refractivity contribution < 1.29 is 18.0 Å². The Balaban J connectivity index is 1.67. The highest BCUT2D eigenvalue weighted by atomic mass is 32.2. The molecule has 3 aromatic rings. The van der Waals surface area contributed by atoms with Crippen LogP contribution in [0.4, 0.5) is 5.69 Å². The molecule has 0 saturated heterocycles. The zero-order valence-corrected chi connectivity index (χ0v) is 18.2. The van der Waals surface area contributed by atoms with Crippen LogP contribution in [0, 0.1) is 5.41 Å². The number of fused-ring (bicyclic) bond motifs is 1. The third kappa shape index (κ3) is 4.47.